The molecule has 0 saturated heterocycles. The van der Waals surface area contributed by atoms with Crippen molar-refractivity contribution in [3.8, 4) is 11.5 Å². The lowest BCUT2D eigenvalue weighted by Gasteiger charge is -2.24. The van der Waals surface area contributed by atoms with Gasteiger partial charge < -0.3 is 14.2 Å². The normalized spacial score (nSPS) is 13.0. The summed E-state index contributed by atoms with van der Waals surface area (Å²) in [5, 5.41) is 0. The van der Waals surface area contributed by atoms with E-state index >= 15 is 0 Å². The lowest BCUT2D eigenvalue weighted by molar-refractivity contribution is -0.0740. The van der Waals surface area contributed by atoms with E-state index in [4.69, 9.17) is 14.2 Å². The van der Waals surface area contributed by atoms with Gasteiger partial charge in [-0.2, -0.15) is 0 Å². The van der Waals surface area contributed by atoms with E-state index in [0.717, 1.165) is 17.9 Å². The third-order valence-electron chi connectivity index (χ3n) is 5.82. The Hall–Kier alpha value is -2.00. The summed E-state index contributed by atoms with van der Waals surface area (Å²) in [5.41, 5.74) is 4.00. The largest absolute Gasteiger partial charge is 0.491 e. The Morgan fingerprint density at radius 2 is 1.37 bits per heavy atom. The molecular weight excluding hydrogens is 372 g/mol. The zero-order valence-corrected chi connectivity index (χ0v) is 20.1. The predicted molar refractivity (Wildman–Crippen MR) is 126 cm³/mol. The molecule has 0 saturated carbocycles. The fraction of sp³-hybridized carbons (Fsp3) is 0.556. The maximum absolute atomic E-state index is 6.18. The van der Waals surface area contributed by atoms with Crippen molar-refractivity contribution in [3.63, 3.8) is 0 Å². The molecule has 0 heterocycles. The molecule has 2 rings (SSSR count). The van der Waals surface area contributed by atoms with E-state index < -0.39 is 0 Å². The van der Waals surface area contributed by atoms with Gasteiger partial charge >= 0.3 is 0 Å². The van der Waals surface area contributed by atoms with E-state index in [-0.39, 0.29) is 11.7 Å². The van der Waals surface area contributed by atoms with Crippen LogP contribution in [0.25, 0.3) is 0 Å². The van der Waals surface area contributed by atoms with Crippen LogP contribution >= 0.6 is 0 Å². The van der Waals surface area contributed by atoms with E-state index in [0.29, 0.717) is 25.0 Å². The van der Waals surface area contributed by atoms with Crippen LogP contribution in [0, 0.1) is 0 Å². The Labute approximate surface area is 183 Å². The monoisotopic (exact) mass is 412 g/mol. The van der Waals surface area contributed by atoms with Crippen molar-refractivity contribution in [2.24, 2.45) is 0 Å². The Balaban J connectivity index is 1.88. The zero-order chi connectivity index (χ0) is 22.3. The topological polar surface area (TPSA) is 27.7 Å². The smallest absolute Gasteiger partial charge is 0.197 e. The Morgan fingerprint density at radius 1 is 0.800 bits per heavy atom. The lowest BCUT2D eigenvalue weighted by atomic mass is 9.82. The van der Waals surface area contributed by atoms with Gasteiger partial charge in [-0.3, -0.25) is 0 Å². The van der Waals surface area contributed by atoms with Crippen LogP contribution in [0.4, 0.5) is 0 Å². The maximum Gasteiger partial charge on any atom is 0.197 e. The highest BCUT2D eigenvalue weighted by Gasteiger charge is 2.18. The molecule has 0 bridgehead atoms. The molecule has 30 heavy (non-hydrogen) atoms. The van der Waals surface area contributed by atoms with Gasteiger partial charge in [0.1, 0.15) is 18.1 Å². The molecule has 0 amide bonds. The number of ether oxygens (including phenoxy) is 3. The molecule has 0 aliphatic carbocycles. The molecule has 1 atom stereocenters. The molecule has 2 aromatic carbocycles. The fourth-order valence-electron chi connectivity index (χ4n) is 3.42. The van der Waals surface area contributed by atoms with Gasteiger partial charge in [-0.1, -0.05) is 78.8 Å². The number of para-hydroxylation sites is 1. The molecule has 1 unspecified atom stereocenters. The summed E-state index contributed by atoms with van der Waals surface area (Å²) in [7, 11) is 0. The maximum atomic E-state index is 6.18. The minimum Gasteiger partial charge on any atom is -0.491 e. The summed E-state index contributed by atoms with van der Waals surface area (Å²) in [6.45, 7) is 18.4. The molecule has 0 N–H and O–H groups in total. The second-order valence-electron chi connectivity index (χ2n) is 9.24. The number of benzene rings is 2. The Kier molecular flexibility index (Phi) is 8.78. The third-order valence-corrected chi connectivity index (χ3v) is 5.82. The van der Waals surface area contributed by atoms with Gasteiger partial charge in [0.15, 0.2) is 6.29 Å². The standard InChI is InChI=1S/C27H40O3/c1-9-27(7,8)22-13-15-23(16-14-22)30-21(6)28-17-18-29-26-24(19(2)3)11-10-12-25(26)20(4)5/h10-16,19-21H,9,17-18H2,1-8H3. The summed E-state index contributed by atoms with van der Waals surface area (Å²) in [6, 6.07) is 14.8. The SMILES string of the molecule is CCC(C)(C)c1ccc(OC(C)OCCOc2c(C(C)C)cccc2C(C)C)cc1. The van der Waals surface area contributed by atoms with Gasteiger partial charge in [0.25, 0.3) is 0 Å². The number of hydrogen-bond donors (Lipinski definition) is 0. The average Bonchev–Trinajstić information content (AvgIpc) is 2.71. The van der Waals surface area contributed by atoms with E-state index in [1.54, 1.807) is 0 Å². The molecule has 2 aromatic rings. The van der Waals surface area contributed by atoms with Crippen LogP contribution in [0.15, 0.2) is 42.5 Å². The number of hydrogen-bond acceptors (Lipinski definition) is 3. The molecule has 0 aliphatic rings. The Bertz CT molecular complexity index is 749. The summed E-state index contributed by atoms with van der Waals surface area (Å²) >= 11 is 0. The van der Waals surface area contributed by atoms with Crippen LogP contribution in [-0.4, -0.2) is 19.5 Å². The van der Waals surface area contributed by atoms with E-state index in [1.807, 2.05) is 19.1 Å². The third kappa shape index (κ3) is 6.50. The molecule has 166 valence electrons. The van der Waals surface area contributed by atoms with Gasteiger partial charge in [0.2, 0.25) is 0 Å². The van der Waals surface area contributed by atoms with Crippen LogP contribution < -0.4 is 9.47 Å². The van der Waals surface area contributed by atoms with Crippen molar-refractivity contribution < 1.29 is 14.2 Å². The summed E-state index contributed by atoms with van der Waals surface area (Å²) in [5.74, 6) is 2.67. The van der Waals surface area contributed by atoms with Crippen LogP contribution in [-0.2, 0) is 10.2 Å². The lowest BCUT2D eigenvalue weighted by Crippen LogP contribution is -2.20. The Morgan fingerprint density at radius 3 is 1.87 bits per heavy atom. The molecule has 0 radical (unpaired) electrons. The first kappa shape index (κ1) is 24.3. The van der Waals surface area contributed by atoms with Crippen molar-refractivity contribution in [2.75, 3.05) is 13.2 Å². The fourth-order valence-corrected chi connectivity index (χ4v) is 3.42. The zero-order valence-electron chi connectivity index (χ0n) is 20.1. The molecule has 3 nitrogen and oxygen atoms in total. The molecule has 0 fully saturated rings. The van der Waals surface area contributed by atoms with Crippen molar-refractivity contribution in [3.05, 3.63) is 59.2 Å². The molecule has 0 aromatic heterocycles. The first-order chi connectivity index (χ1) is 14.2. The van der Waals surface area contributed by atoms with Gasteiger partial charge in [0.05, 0.1) is 6.61 Å². The second-order valence-corrected chi connectivity index (χ2v) is 9.24. The highest BCUT2D eigenvalue weighted by Crippen LogP contribution is 2.34. The average molecular weight is 413 g/mol. The van der Waals surface area contributed by atoms with Gasteiger partial charge in [-0.25, -0.2) is 0 Å². The molecule has 3 heteroatoms. The highest BCUT2D eigenvalue weighted by molar-refractivity contribution is 5.44. The van der Waals surface area contributed by atoms with Gasteiger partial charge in [0, 0.05) is 0 Å². The van der Waals surface area contributed by atoms with Gasteiger partial charge in [-0.05, 0) is 59.4 Å². The van der Waals surface area contributed by atoms with Gasteiger partial charge in [-0.15, -0.1) is 0 Å². The quantitative estimate of drug-likeness (QED) is 0.283. The van der Waals surface area contributed by atoms with E-state index in [2.05, 4.69) is 78.8 Å². The second kappa shape index (κ2) is 10.9. The first-order valence-electron chi connectivity index (χ1n) is 11.3. The molecular formula is C27H40O3. The minimum atomic E-state index is -0.330. The van der Waals surface area contributed by atoms with Crippen LogP contribution in [0.5, 0.6) is 11.5 Å². The predicted octanol–water partition coefficient (Wildman–Crippen LogP) is 7.44. The van der Waals surface area contributed by atoms with Crippen molar-refractivity contribution in [1.29, 1.82) is 0 Å². The minimum absolute atomic E-state index is 0.180. The summed E-state index contributed by atoms with van der Waals surface area (Å²) in [6.07, 6.45) is 0.772. The summed E-state index contributed by atoms with van der Waals surface area (Å²) in [4.78, 5) is 0. The summed E-state index contributed by atoms with van der Waals surface area (Å²) < 4.78 is 17.9. The van der Waals surface area contributed by atoms with Crippen LogP contribution in [0.3, 0.4) is 0 Å². The van der Waals surface area contributed by atoms with Crippen molar-refractivity contribution in [1.82, 2.24) is 0 Å². The van der Waals surface area contributed by atoms with Crippen LogP contribution in [0.2, 0.25) is 0 Å². The van der Waals surface area contributed by atoms with E-state index in [1.165, 1.54) is 16.7 Å². The van der Waals surface area contributed by atoms with Crippen molar-refractivity contribution in [2.45, 2.75) is 85.4 Å². The van der Waals surface area contributed by atoms with E-state index in [9.17, 15) is 0 Å². The van der Waals surface area contributed by atoms with Crippen LogP contribution in [0.1, 0.15) is 90.3 Å². The molecule has 0 aliphatic heterocycles. The molecule has 0 spiro atoms. The highest BCUT2D eigenvalue weighted by atomic mass is 16.7. The van der Waals surface area contributed by atoms with Crippen molar-refractivity contribution >= 4 is 0 Å². The number of rotatable bonds is 11. The first-order valence-corrected chi connectivity index (χ1v) is 11.3.